The van der Waals surface area contributed by atoms with E-state index in [4.69, 9.17) is 11.5 Å². The monoisotopic (exact) mass is 398 g/mol. The standard InChI is InChI=1S/C19H27FN2O6/c20-8-3-6-1-5-2-7-4-9(23)13(19(22)28)17(26)11(7)15(24)10(5)16(25)12(6)18(27)14(8)21/h5-15,18,23-24,27H,1-4,21H2,(H2,22,28). The zero-order valence-electron chi connectivity index (χ0n) is 15.4. The lowest BCUT2D eigenvalue weighted by Crippen LogP contribution is -2.64. The van der Waals surface area contributed by atoms with Gasteiger partial charge in [0.05, 0.1) is 24.4 Å². The third-order valence-electron chi connectivity index (χ3n) is 7.71. The Morgan fingerprint density at radius 3 is 1.96 bits per heavy atom. The van der Waals surface area contributed by atoms with Gasteiger partial charge in [0, 0.05) is 17.8 Å². The van der Waals surface area contributed by atoms with Crippen molar-refractivity contribution >= 4 is 17.5 Å². The van der Waals surface area contributed by atoms with Gasteiger partial charge in [0.25, 0.3) is 0 Å². The summed E-state index contributed by atoms with van der Waals surface area (Å²) in [6, 6.07) is -1.15. The molecule has 1 amide bonds. The Hall–Kier alpha value is -1.42. The summed E-state index contributed by atoms with van der Waals surface area (Å²) < 4.78 is 14.1. The van der Waals surface area contributed by atoms with Crippen LogP contribution in [-0.4, -0.2) is 63.3 Å². The number of Topliss-reactive ketones (excluding diaryl/α,β-unsaturated/α-hetero) is 2. The van der Waals surface area contributed by atoms with Gasteiger partial charge < -0.3 is 26.8 Å². The lowest BCUT2D eigenvalue weighted by Gasteiger charge is -2.54. The Morgan fingerprint density at radius 1 is 0.857 bits per heavy atom. The van der Waals surface area contributed by atoms with E-state index in [1.54, 1.807) is 0 Å². The molecule has 4 aliphatic carbocycles. The topological polar surface area (TPSA) is 164 Å². The highest BCUT2D eigenvalue weighted by Gasteiger charge is 2.61. The fourth-order valence-electron chi connectivity index (χ4n) is 6.50. The van der Waals surface area contributed by atoms with Crippen LogP contribution in [-0.2, 0) is 14.4 Å². The maximum atomic E-state index is 14.1. The van der Waals surface area contributed by atoms with Gasteiger partial charge in [-0.2, -0.15) is 0 Å². The summed E-state index contributed by atoms with van der Waals surface area (Å²) >= 11 is 0. The van der Waals surface area contributed by atoms with Crippen LogP contribution in [0.3, 0.4) is 0 Å². The first-order valence-corrected chi connectivity index (χ1v) is 9.94. The third kappa shape index (κ3) is 2.74. The number of fused-ring (bicyclic) bond motifs is 3. The van der Waals surface area contributed by atoms with Gasteiger partial charge in [-0.15, -0.1) is 0 Å². The van der Waals surface area contributed by atoms with Gasteiger partial charge in [-0.25, -0.2) is 4.39 Å². The summed E-state index contributed by atoms with van der Waals surface area (Å²) in [5.41, 5.74) is 11.0. The maximum Gasteiger partial charge on any atom is 0.230 e. The molecule has 0 aromatic heterocycles. The molecular formula is C19H27FN2O6. The van der Waals surface area contributed by atoms with Gasteiger partial charge in [-0.3, -0.25) is 14.4 Å². The number of primary amides is 1. The average molecular weight is 398 g/mol. The Bertz CT molecular complexity index is 704. The number of amides is 1. The van der Waals surface area contributed by atoms with Gasteiger partial charge in [-0.1, -0.05) is 0 Å². The van der Waals surface area contributed by atoms with Gasteiger partial charge in [-0.05, 0) is 43.4 Å². The van der Waals surface area contributed by atoms with Crippen LogP contribution >= 0.6 is 0 Å². The number of aliphatic hydroxyl groups is 3. The summed E-state index contributed by atoms with van der Waals surface area (Å²) in [5.74, 6) is -6.99. The maximum absolute atomic E-state index is 14.1. The number of halogens is 1. The van der Waals surface area contributed by atoms with Crippen molar-refractivity contribution < 1.29 is 34.1 Å². The van der Waals surface area contributed by atoms with Crippen molar-refractivity contribution in [3.05, 3.63) is 0 Å². The molecule has 7 N–H and O–H groups in total. The van der Waals surface area contributed by atoms with Crippen LogP contribution in [0.4, 0.5) is 4.39 Å². The van der Waals surface area contributed by atoms with Crippen molar-refractivity contribution in [3.63, 3.8) is 0 Å². The lowest BCUT2D eigenvalue weighted by molar-refractivity contribution is -0.173. The molecule has 4 rings (SSSR count). The highest BCUT2D eigenvalue weighted by atomic mass is 19.1. The second-order valence-electron chi connectivity index (χ2n) is 9.13. The van der Waals surface area contributed by atoms with E-state index in [0.717, 1.165) is 0 Å². The molecule has 4 saturated carbocycles. The first-order valence-electron chi connectivity index (χ1n) is 9.94. The van der Waals surface area contributed by atoms with Crippen molar-refractivity contribution in [2.75, 3.05) is 0 Å². The Balaban J connectivity index is 1.64. The fraction of sp³-hybridized carbons (Fsp3) is 0.842. The van der Waals surface area contributed by atoms with Crippen molar-refractivity contribution in [3.8, 4) is 0 Å². The minimum Gasteiger partial charge on any atom is -0.392 e. The Morgan fingerprint density at radius 2 is 1.36 bits per heavy atom. The summed E-state index contributed by atoms with van der Waals surface area (Å²) in [6.45, 7) is 0. The Labute approximate surface area is 161 Å². The van der Waals surface area contributed by atoms with Crippen LogP contribution in [0, 0.1) is 41.4 Å². The van der Waals surface area contributed by atoms with Crippen LogP contribution in [0.1, 0.15) is 25.7 Å². The number of carbonyl (C=O) groups is 3. The van der Waals surface area contributed by atoms with Gasteiger partial charge >= 0.3 is 0 Å². The molecule has 0 aromatic carbocycles. The molecule has 4 fully saturated rings. The lowest BCUT2D eigenvalue weighted by atomic mass is 9.51. The van der Waals surface area contributed by atoms with Gasteiger partial charge in [0.2, 0.25) is 5.91 Å². The number of aliphatic hydroxyl groups excluding tert-OH is 3. The molecule has 0 radical (unpaired) electrons. The highest BCUT2D eigenvalue weighted by Crippen LogP contribution is 2.53. The van der Waals surface area contributed by atoms with Crippen molar-refractivity contribution in [1.29, 1.82) is 0 Å². The smallest absolute Gasteiger partial charge is 0.230 e. The third-order valence-corrected chi connectivity index (χ3v) is 7.71. The van der Waals surface area contributed by atoms with E-state index in [2.05, 4.69) is 0 Å². The van der Waals surface area contributed by atoms with Crippen LogP contribution < -0.4 is 11.5 Å². The highest BCUT2D eigenvalue weighted by molar-refractivity contribution is 6.03. The second-order valence-corrected chi connectivity index (χ2v) is 9.13. The van der Waals surface area contributed by atoms with E-state index >= 15 is 0 Å². The molecule has 12 unspecified atom stereocenters. The summed E-state index contributed by atoms with van der Waals surface area (Å²) in [7, 11) is 0. The van der Waals surface area contributed by atoms with E-state index < -0.39 is 65.9 Å². The molecule has 0 spiro atoms. The van der Waals surface area contributed by atoms with Crippen LogP contribution in [0.15, 0.2) is 0 Å². The van der Waals surface area contributed by atoms with Crippen molar-refractivity contribution in [1.82, 2.24) is 0 Å². The minimum absolute atomic E-state index is 0.0906. The molecule has 9 heteroatoms. The molecule has 4 aliphatic rings. The largest absolute Gasteiger partial charge is 0.392 e. The number of ketones is 2. The molecule has 0 aromatic rings. The first kappa shape index (κ1) is 19.9. The van der Waals surface area contributed by atoms with Crippen molar-refractivity contribution in [2.24, 2.45) is 52.9 Å². The molecule has 12 atom stereocenters. The number of carbonyl (C=O) groups excluding carboxylic acids is 3. The number of nitrogens with two attached hydrogens (primary N) is 2. The van der Waals surface area contributed by atoms with Crippen LogP contribution in [0.2, 0.25) is 0 Å². The SMILES string of the molecule is NC(=O)C1C(=O)C2C(CC1O)CC1CC3CC(F)C(N)C(O)C3C(=O)C1C2O. The predicted molar refractivity (Wildman–Crippen MR) is 93.0 cm³/mol. The molecule has 0 saturated heterocycles. The first-order chi connectivity index (χ1) is 13.1. The summed E-state index contributed by atoms with van der Waals surface area (Å²) in [4.78, 5) is 37.6. The number of hydrogen-bond donors (Lipinski definition) is 5. The molecular weight excluding hydrogens is 371 g/mol. The number of rotatable bonds is 1. The Kier molecular flexibility index (Phi) is 4.85. The van der Waals surface area contributed by atoms with Crippen molar-refractivity contribution in [2.45, 2.75) is 56.2 Å². The summed E-state index contributed by atoms with van der Waals surface area (Å²) in [5, 5.41) is 31.6. The zero-order chi connectivity index (χ0) is 20.5. The van der Waals surface area contributed by atoms with Gasteiger partial charge in [0.1, 0.15) is 17.9 Å². The van der Waals surface area contributed by atoms with Gasteiger partial charge in [0.15, 0.2) is 5.78 Å². The van der Waals surface area contributed by atoms with E-state index in [1.165, 1.54) is 0 Å². The molecule has 0 bridgehead atoms. The van der Waals surface area contributed by atoms with E-state index in [1.807, 2.05) is 0 Å². The van der Waals surface area contributed by atoms with E-state index in [9.17, 15) is 34.1 Å². The van der Waals surface area contributed by atoms with Crippen LogP contribution in [0.5, 0.6) is 0 Å². The second kappa shape index (κ2) is 6.83. The quantitative estimate of drug-likeness (QED) is 0.328. The number of alkyl halides is 1. The van der Waals surface area contributed by atoms with E-state index in [-0.39, 0.29) is 36.4 Å². The molecule has 28 heavy (non-hydrogen) atoms. The molecule has 0 aliphatic heterocycles. The molecule has 156 valence electrons. The molecule has 8 nitrogen and oxygen atoms in total. The average Bonchev–Trinajstić information content (AvgIpc) is 2.58. The fourth-order valence-corrected chi connectivity index (χ4v) is 6.50. The summed E-state index contributed by atoms with van der Waals surface area (Å²) in [6.07, 6.45) is -4.12. The van der Waals surface area contributed by atoms with Crippen LogP contribution in [0.25, 0.3) is 0 Å². The predicted octanol–water partition coefficient (Wildman–Crippen LogP) is -1.71. The molecule has 0 heterocycles. The normalized spacial score (nSPS) is 53.8. The minimum atomic E-state index is -1.39. The number of hydrogen-bond acceptors (Lipinski definition) is 7. The zero-order valence-corrected chi connectivity index (χ0v) is 15.4. The van der Waals surface area contributed by atoms with E-state index in [0.29, 0.717) is 12.8 Å².